The topological polar surface area (TPSA) is 75.2 Å². The minimum Gasteiger partial charge on any atom is -0.349 e. The molecular weight excluding hydrogens is 404 g/mol. The van der Waals surface area contributed by atoms with Crippen molar-refractivity contribution in [2.24, 2.45) is 0 Å². The Balaban J connectivity index is 2.14. The summed E-state index contributed by atoms with van der Waals surface area (Å²) in [4.78, 5) is 29.3. The van der Waals surface area contributed by atoms with Gasteiger partial charge < -0.3 is 5.32 Å². The van der Waals surface area contributed by atoms with Gasteiger partial charge >= 0.3 is 0 Å². The Morgan fingerprint density at radius 1 is 1.21 bits per heavy atom. The van der Waals surface area contributed by atoms with Crippen LogP contribution < -0.4 is 10.2 Å². The van der Waals surface area contributed by atoms with Gasteiger partial charge in [-0.2, -0.15) is 0 Å². The third kappa shape index (κ3) is 4.71. The van der Waals surface area contributed by atoms with Gasteiger partial charge in [0.1, 0.15) is 0 Å². The zero-order chi connectivity index (χ0) is 21.0. The zero-order valence-corrected chi connectivity index (χ0v) is 18.5. The summed E-state index contributed by atoms with van der Waals surface area (Å²) in [6, 6.07) is 10.5. The van der Waals surface area contributed by atoms with Crippen LogP contribution in [-0.2, 0) is 4.79 Å². The maximum atomic E-state index is 13.5. The zero-order valence-electron chi connectivity index (χ0n) is 16.9. The lowest BCUT2D eigenvalue weighted by Gasteiger charge is -2.34. The molecule has 3 aromatic rings. The minimum atomic E-state index is -0.809. The SMILES string of the molecule is CCC(C)(C)NC(=O)[C@H](c1cccs1)N(C(=O)c1csnn1)c1ccccc1C. The van der Waals surface area contributed by atoms with E-state index in [0.29, 0.717) is 5.69 Å². The summed E-state index contributed by atoms with van der Waals surface area (Å²) < 4.78 is 3.83. The first-order valence-corrected chi connectivity index (χ1v) is 11.1. The average Bonchev–Trinajstić information content (AvgIpc) is 3.40. The molecule has 0 saturated carbocycles. The molecule has 29 heavy (non-hydrogen) atoms. The molecule has 6 nitrogen and oxygen atoms in total. The Morgan fingerprint density at radius 2 is 1.97 bits per heavy atom. The van der Waals surface area contributed by atoms with Crippen LogP contribution in [0, 0.1) is 6.92 Å². The lowest BCUT2D eigenvalue weighted by atomic mass is 10.0. The molecule has 0 aliphatic carbocycles. The molecule has 0 saturated heterocycles. The number of benzene rings is 1. The fraction of sp³-hybridized carbons (Fsp3) is 0.333. The minimum absolute atomic E-state index is 0.223. The maximum Gasteiger partial charge on any atom is 0.280 e. The fourth-order valence-electron chi connectivity index (χ4n) is 2.89. The van der Waals surface area contributed by atoms with Gasteiger partial charge in [0.25, 0.3) is 5.91 Å². The van der Waals surface area contributed by atoms with Gasteiger partial charge in [0, 0.05) is 21.5 Å². The molecule has 0 aliphatic heterocycles. The monoisotopic (exact) mass is 428 g/mol. The third-order valence-corrected chi connectivity index (χ3v) is 6.27. The molecule has 0 bridgehead atoms. The summed E-state index contributed by atoms with van der Waals surface area (Å²) >= 11 is 2.56. The highest BCUT2D eigenvalue weighted by Crippen LogP contribution is 2.34. The number of hydrogen-bond acceptors (Lipinski definition) is 6. The molecule has 2 amide bonds. The van der Waals surface area contributed by atoms with Crippen LogP contribution in [0.1, 0.15) is 54.2 Å². The van der Waals surface area contributed by atoms with E-state index in [2.05, 4.69) is 14.9 Å². The van der Waals surface area contributed by atoms with Crippen LogP contribution in [0.3, 0.4) is 0 Å². The number of thiophene rings is 1. The van der Waals surface area contributed by atoms with Gasteiger partial charge in [0.05, 0.1) is 0 Å². The number of amides is 2. The normalized spacial score (nSPS) is 12.4. The quantitative estimate of drug-likeness (QED) is 0.597. The van der Waals surface area contributed by atoms with Crippen molar-refractivity contribution in [3.05, 3.63) is 63.3 Å². The van der Waals surface area contributed by atoms with E-state index in [1.54, 1.807) is 10.3 Å². The molecular formula is C21H24N4O2S2. The van der Waals surface area contributed by atoms with Crippen LogP contribution in [-0.4, -0.2) is 26.9 Å². The number of rotatable bonds is 7. The molecule has 0 unspecified atom stereocenters. The second-order valence-electron chi connectivity index (χ2n) is 7.40. The van der Waals surface area contributed by atoms with Gasteiger partial charge in [-0.3, -0.25) is 14.5 Å². The van der Waals surface area contributed by atoms with Crippen molar-refractivity contribution >= 4 is 40.4 Å². The van der Waals surface area contributed by atoms with Crippen molar-refractivity contribution in [2.75, 3.05) is 4.90 Å². The van der Waals surface area contributed by atoms with Gasteiger partial charge in [0.2, 0.25) is 5.91 Å². The predicted molar refractivity (Wildman–Crippen MR) is 117 cm³/mol. The average molecular weight is 429 g/mol. The first-order valence-electron chi connectivity index (χ1n) is 9.35. The number of carbonyl (C=O) groups excluding carboxylic acids is 2. The number of aryl methyl sites for hydroxylation is 1. The van der Waals surface area contributed by atoms with Crippen LogP contribution in [0.25, 0.3) is 0 Å². The lowest BCUT2D eigenvalue weighted by molar-refractivity contribution is -0.124. The Morgan fingerprint density at radius 3 is 2.55 bits per heavy atom. The van der Waals surface area contributed by atoms with E-state index in [4.69, 9.17) is 0 Å². The highest BCUT2D eigenvalue weighted by molar-refractivity contribution is 7.10. The van der Waals surface area contributed by atoms with E-state index in [-0.39, 0.29) is 17.5 Å². The van der Waals surface area contributed by atoms with Crippen molar-refractivity contribution in [1.29, 1.82) is 0 Å². The van der Waals surface area contributed by atoms with Gasteiger partial charge in [0.15, 0.2) is 11.7 Å². The van der Waals surface area contributed by atoms with Crippen LogP contribution >= 0.6 is 22.9 Å². The van der Waals surface area contributed by atoms with Crippen LogP contribution in [0.4, 0.5) is 5.69 Å². The molecule has 1 aromatic carbocycles. The summed E-state index contributed by atoms with van der Waals surface area (Å²) in [5.74, 6) is -0.574. The van der Waals surface area contributed by atoms with E-state index in [1.807, 2.05) is 69.5 Å². The Labute approximate surface area is 178 Å². The molecule has 2 heterocycles. The van der Waals surface area contributed by atoms with Crippen molar-refractivity contribution in [3.8, 4) is 0 Å². The smallest absolute Gasteiger partial charge is 0.280 e. The van der Waals surface area contributed by atoms with E-state index in [9.17, 15) is 9.59 Å². The largest absolute Gasteiger partial charge is 0.349 e. The summed E-state index contributed by atoms with van der Waals surface area (Å²) in [7, 11) is 0. The fourth-order valence-corrected chi connectivity index (χ4v) is 4.13. The van der Waals surface area contributed by atoms with Gasteiger partial charge in [-0.25, -0.2) is 0 Å². The molecule has 0 radical (unpaired) electrons. The van der Waals surface area contributed by atoms with Crippen molar-refractivity contribution in [3.63, 3.8) is 0 Å². The molecule has 152 valence electrons. The van der Waals surface area contributed by atoms with Gasteiger partial charge in [-0.05, 0) is 61.8 Å². The predicted octanol–water partition coefficient (Wildman–Crippen LogP) is 4.60. The Kier molecular flexibility index (Phi) is 6.44. The Hall–Kier alpha value is -2.58. The summed E-state index contributed by atoms with van der Waals surface area (Å²) in [5.41, 5.74) is 1.40. The van der Waals surface area contributed by atoms with E-state index in [1.165, 1.54) is 11.3 Å². The second-order valence-corrected chi connectivity index (χ2v) is 8.99. The summed E-state index contributed by atoms with van der Waals surface area (Å²) in [6.07, 6.45) is 0.768. The van der Waals surface area contributed by atoms with Crippen LogP contribution in [0.5, 0.6) is 0 Å². The molecule has 8 heteroatoms. The molecule has 0 spiro atoms. The highest BCUT2D eigenvalue weighted by Gasteiger charge is 2.37. The summed E-state index contributed by atoms with van der Waals surface area (Å²) in [6.45, 7) is 7.89. The number of nitrogens with one attached hydrogen (secondary N) is 1. The molecule has 0 fully saturated rings. The van der Waals surface area contributed by atoms with Crippen molar-refractivity contribution < 1.29 is 9.59 Å². The number of aromatic nitrogens is 2. The standard InChI is InChI=1S/C21H24N4O2S2/c1-5-21(3,4)22-19(26)18(17-11-8-12-28-17)25(16-10-7-6-9-14(16)2)20(27)15-13-29-24-23-15/h6-13,18H,5H2,1-4H3,(H,22,26)/t18-/m0/s1. The van der Waals surface area contributed by atoms with Crippen LogP contribution in [0.2, 0.25) is 0 Å². The van der Waals surface area contributed by atoms with E-state index < -0.39 is 11.6 Å². The number of anilines is 1. The third-order valence-electron chi connectivity index (χ3n) is 4.84. The number of nitrogens with zero attached hydrogens (tertiary/aromatic N) is 3. The summed E-state index contributed by atoms with van der Waals surface area (Å²) in [5, 5.41) is 10.6. The van der Waals surface area contributed by atoms with Gasteiger partial charge in [-0.1, -0.05) is 35.7 Å². The molecule has 2 aromatic heterocycles. The first-order chi connectivity index (χ1) is 13.8. The van der Waals surface area contributed by atoms with Crippen molar-refractivity contribution in [2.45, 2.75) is 45.7 Å². The number of hydrogen-bond donors (Lipinski definition) is 1. The van der Waals surface area contributed by atoms with Gasteiger partial charge in [-0.15, -0.1) is 16.4 Å². The van der Waals surface area contributed by atoms with Crippen molar-refractivity contribution in [1.82, 2.24) is 14.9 Å². The Bertz CT molecular complexity index is 969. The van der Waals surface area contributed by atoms with Crippen LogP contribution in [0.15, 0.2) is 47.2 Å². The molecule has 3 rings (SSSR count). The molecule has 1 N–H and O–H groups in total. The highest BCUT2D eigenvalue weighted by atomic mass is 32.1. The molecule has 0 aliphatic rings. The first kappa shape index (κ1) is 21.1. The second kappa shape index (κ2) is 8.84. The number of carbonyl (C=O) groups is 2. The van der Waals surface area contributed by atoms with E-state index >= 15 is 0 Å². The van der Waals surface area contributed by atoms with E-state index in [0.717, 1.165) is 28.4 Å². The molecule has 1 atom stereocenters. The number of para-hydroxylation sites is 1. The maximum absolute atomic E-state index is 13.5. The lowest BCUT2D eigenvalue weighted by Crippen LogP contribution is -2.50.